The largest absolute Gasteiger partial charge is 0.390 e. The van der Waals surface area contributed by atoms with Crippen LogP contribution in [0.25, 0.3) is 5.57 Å². The zero-order valence-corrected chi connectivity index (χ0v) is 9.88. The Morgan fingerprint density at radius 1 is 1.06 bits per heavy atom. The molecule has 3 rings (SSSR count). The fraction of sp³-hybridized carbons (Fsp3) is 0.0667. The summed E-state index contributed by atoms with van der Waals surface area (Å²) in [6.07, 6.45) is 8.69. The van der Waals surface area contributed by atoms with E-state index in [-0.39, 0.29) is 0 Å². The summed E-state index contributed by atoms with van der Waals surface area (Å²) in [7, 11) is 0. The molecule has 2 aliphatic heterocycles. The Morgan fingerprint density at radius 2 is 1.88 bits per heavy atom. The third-order valence-electron chi connectivity index (χ3n) is 3.14. The maximum Gasteiger partial charge on any atom is 0.312 e. The van der Waals surface area contributed by atoms with Crippen LogP contribution in [0.2, 0.25) is 0 Å². The number of benzene rings is 1. The number of hydrogen-bond donors (Lipinski definition) is 0. The van der Waals surface area contributed by atoms with E-state index >= 15 is 0 Å². The van der Waals surface area contributed by atoms with Gasteiger partial charge in [0, 0.05) is 0 Å². The molecule has 1 aromatic carbocycles. The first kappa shape index (κ1) is 10.2. The lowest BCUT2D eigenvalue weighted by molar-refractivity contribution is 0.782. The molecule has 82 valence electrons. The Balaban J connectivity index is 1.92. The van der Waals surface area contributed by atoms with Crippen LogP contribution in [-0.2, 0) is 0 Å². The van der Waals surface area contributed by atoms with E-state index in [0.717, 1.165) is 0 Å². The van der Waals surface area contributed by atoms with Crippen molar-refractivity contribution < 1.29 is 0 Å². The molecule has 2 heterocycles. The van der Waals surface area contributed by atoms with Crippen molar-refractivity contribution in [2.24, 2.45) is 0 Å². The zero-order chi connectivity index (χ0) is 11.7. The van der Waals surface area contributed by atoms with Crippen LogP contribution < -0.4 is 0 Å². The van der Waals surface area contributed by atoms with Gasteiger partial charge < -0.3 is 4.81 Å². The summed E-state index contributed by atoms with van der Waals surface area (Å²) in [4.78, 5) is 2.24. The number of allylic oxidation sites excluding steroid dienone is 4. The molecule has 0 saturated heterocycles. The molecule has 1 aromatic rings. The van der Waals surface area contributed by atoms with E-state index in [4.69, 9.17) is 0 Å². The monoisotopic (exact) mass is 219 g/mol. The molecule has 0 radical (unpaired) electrons. The molecule has 1 nitrogen and oxygen atoms in total. The molecule has 2 aliphatic rings. The van der Waals surface area contributed by atoms with Crippen LogP contribution in [0.3, 0.4) is 0 Å². The fourth-order valence-electron chi connectivity index (χ4n) is 2.23. The van der Waals surface area contributed by atoms with Crippen LogP contribution in [-0.4, -0.2) is 11.7 Å². The van der Waals surface area contributed by atoms with Crippen LogP contribution >= 0.6 is 0 Å². The summed E-state index contributed by atoms with van der Waals surface area (Å²) in [6.45, 7) is 2.48. The van der Waals surface area contributed by atoms with Crippen LogP contribution in [0.4, 0.5) is 0 Å². The quantitative estimate of drug-likeness (QED) is 0.654. The summed E-state index contributed by atoms with van der Waals surface area (Å²) in [5.41, 5.74) is 3.87. The van der Waals surface area contributed by atoms with Crippen molar-refractivity contribution >= 4 is 12.4 Å². The molecule has 0 fully saturated rings. The van der Waals surface area contributed by atoms with Gasteiger partial charge in [0.2, 0.25) is 0 Å². The first-order chi connectivity index (χ1) is 8.33. The van der Waals surface area contributed by atoms with Gasteiger partial charge >= 0.3 is 6.85 Å². The molecule has 0 N–H and O–H groups in total. The SMILES string of the molecule is CC1=CN2C=CC(c3ccccc3)=CB2C=C1. The molecule has 2 heteroatoms. The van der Waals surface area contributed by atoms with Gasteiger partial charge in [-0.2, -0.15) is 0 Å². The molecular formula is C15H14BN. The van der Waals surface area contributed by atoms with Gasteiger partial charge in [0.15, 0.2) is 0 Å². The van der Waals surface area contributed by atoms with E-state index < -0.39 is 0 Å². The van der Waals surface area contributed by atoms with Gasteiger partial charge in [0.1, 0.15) is 0 Å². The third-order valence-corrected chi connectivity index (χ3v) is 3.14. The summed E-state index contributed by atoms with van der Waals surface area (Å²) >= 11 is 0. The lowest BCUT2D eigenvalue weighted by Crippen LogP contribution is -2.32. The van der Waals surface area contributed by atoms with Crippen molar-refractivity contribution in [2.75, 3.05) is 0 Å². The lowest BCUT2D eigenvalue weighted by Gasteiger charge is -2.27. The van der Waals surface area contributed by atoms with Gasteiger partial charge in [-0.15, -0.1) is 0 Å². The summed E-state index contributed by atoms with van der Waals surface area (Å²) < 4.78 is 0. The molecule has 0 aliphatic carbocycles. The van der Waals surface area contributed by atoms with E-state index in [2.05, 4.69) is 78.6 Å². The Hall–Kier alpha value is -1.96. The maximum absolute atomic E-state index is 2.30. The second-order valence-electron chi connectivity index (χ2n) is 4.47. The molecule has 0 spiro atoms. The summed E-state index contributed by atoms with van der Waals surface area (Å²) in [6, 6.07) is 10.5. The number of nitrogens with zero attached hydrogens (tertiary/aromatic N) is 1. The van der Waals surface area contributed by atoms with Crippen molar-refractivity contribution in [3.05, 3.63) is 78.0 Å². The van der Waals surface area contributed by atoms with Crippen molar-refractivity contribution in [1.29, 1.82) is 0 Å². The van der Waals surface area contributed by atoms with Gasteiger partial charge in [-0.3, -0.25) is 0 Å². The summed E-state index contributed by atoms with van der Waals surface area (Å²) in [5, 5.41) is 0. The van der Waals surface area contributed by atoms with Gasteiger partial charge in [-0.1, -0.05) is 48.4 Å². The van der Waals surface area contributed by atoms with Crippen LogP contribution in [0.5, 0.6) is 0 Å². The highest BCUT2D eigenvalue weighted by atomic mass is 15.0. The second-order valence-corrected chi connectivity index (χ2v) is 4.47. The van der Waals surface area contributed by atoms with Crippen molar-refractivity contribution in [3.63, 3.8) is 0 Å². The molecule has 0 aromatic heterocycles. The molecule has 0 saturated carbocycles. The van der Waals surface area contributed by atoms with E-state index in [0.29, 0.717) is 6.85 Å². The van der Waals surface area contributed by atoms with Crippen molar-refractivity contribution in [1.82, 2.24) is 4.81 Å². The predicted octanol–water partition coefficient (Wildman–Crippen LogP) is 3.44. The van der Waals surface area contributed by atoms with E-state index in [9.17, 15) is 0 Å². The topological polar surface area (TPSA) is 3.24 Å². The maximum atomic E-state index is 2.30. The fourth-order valence-corrected chi connectivity index (χ4v) is 2.23. The lowest BCUT2D eigenvalue weighted by atomic mass is 9.56. The highest BCUT2D eigenvalue weighted by Crippen LogP contribution is 2.24. The minimum Gasteiger partial charge on any atom is -0.390 e. The Labute approximate surface area is 103 Å². The highest BCUT2D eigenvalue weighted by molar-refractivity contribution is 6.69. The van der Waals surface area contributed by atoms with Crippen molar-refractivity contribution in [3.8, 4) is 0 Å². The predicted molar refractivity (Wildman–Crippen MR) is 74.0 cm³/mol. The van der Waals surface area contributed by atoms with Gasteiger partial charge in [-0.25, -0.2) is 0 Å². The van der Waals surface area contributed by atoms with Crippen molar-refractivity contribution in [2.45, 2.75) is 6.92 Å². The average Bonchev–Trinajstić information content (AvgIpc) is 2.39. The molecule has 0 amide bonds. The third kappa shape index (κ3) is 1.98. The molecule has 17 heavy (non-hydrogen) atoms. The molecular weight excluding hydrogens is 205 g/mol. The Kier molecular flexibility index (Phi) is 2.48. The zero-order valence-electron chi connectivity index (χ0n) is 9.88. The van der Waals surface area contributed by atoms with E-state index in [1.807, 2.05) is 0 Å². The number of rotatable bonds is 1. The first-order valence-electron chi connectivity index (χ1n) is 5.92. The van der Waals surface area contributed by atoms with Gasteiger partial charge in [0.05, 0.1) is 0 Å². The Bertz CT molecular complexity index is 537. The number of hydrogen-bond acceptors (Lipinski definition) is 1. The number of fused-ring (bicyclic) bond motifs is 1. The highest BCUT2D eigenvalue weighted by Gasteiger charge is 2.20. The van der Waals surface area contributed by atoms with E-state index in [1.165, 1.54) is 16.7 Å². The van der Waals surface area contributed by atoms with E-state index in [1.54, 1.807) is 0 Å². The smallest absolute Gasteiger partial charge is 0.312 e. The van der Waals surface area contributed by atoms with Crippen LogP contribution in [0, 0.1) is 0 Å². The van der Waals surface area contributed by atoms with Gasteiger partial charge in [-0.05, 0) is 42.1 Å². The standard InChI is InChI=1S/C15H14BN/c1-13-7-9-16-11-15(8-10-17(16)12-13)14-5-3-2-4-6-14/h2-12H,1H3. The normalized spacial score (nSPS) is 17.7. The van der Waals surface area contributed by atoms with Gasteiger partial charge in [0.25, 0.3) is 0 Å². The minimum absolute atomic E-state index is 0.360. The molecule has 0 bridgehead atoms. The van der Waals surface area contributed by atoms with Crippen LogP contribution in [0.1, 0.15) is 12.5 Å². The molecule has 0 atom stereocenters. The average molecular weight is 219 g/mol. The Morgan fingerprint density at radius 3 is 2.71 bits per heavy atom. The molecule has 0 unspecified atom stereocenters. The van der Waals surface area contributed by atoms with Crippen LogP contribution in [0.15, 0.2) is 72.4 Å². The minimum atomic E-state index is 0.360. The summed E-state index contributed by atoms with van der Waals surface area (Å²) in [5.74, 6) is 4.54. The second kappa shape index (κ2) is 4.13. The first-order valence-corrected chi connectivity index (χ1v) is 5.92.